The van der Waals surface area contributed by atoms with Gasteiger partial charge in [0.15, 0.2) is 0 Å². The molecule has 5 rings (SSSR count). The van der Waals surface area contributed by atoms with Gasteiger partial charge in [-0.1, -0.05) is 26.8 Å². The third kappa shape index (κ3) is 4.21. The minimum absolute atomic E-state index is 0.0944. The number of nitrogens with zero attached hydrogens (tertiary/aromatic N) is 6. The maximum atomic E-state index is 14.5. The number of rotatable bonds is 5. The Morgan fingerprint density at radius 2 is 1.81 bits per heavy atom. The normalized spacial score (nSPS) is 21.5. The lowest BCUT2D eigenvalue weighted by molar-refractivity contribution is 0.158. The van der Waals surface area contributed by atoms with Crippen LogP contribution in [0.25, 0.3) is 22.5 Å². The van der Waals surface area contributed by atoms with Gasteiger partial charge in [0.25, 0.3) is 0 Å². The summed E-state index contributed by atoms with van der Waals surface area (Å²) in [6, 6.07) is 5.54. The Labute approximate surface area is 214 Å². The molecule has 0 saturated heterocycles. The van der Waals surface area contributed by atoms with Gasteiger partial charge in [-0.05, 0) is 55.4 Å². The maximum Gasteiger partial charge on any atom is 0.135 e. The standard InChI is InChI=1S/C28H30F2N6O/c1-16-10-27(3,4)28(5,24-13-31-12-23(33-24)18-11-32-36(15-18)14-17(2)37)26-19(16)9-22(34-35-26)25-20(29)7-6-8-21(25)30/h6-9,11-13,15-17,37H,10,14H2,1-5H3/t16-,17-,28+/m1/s1. The lowest BCUT2D eigenvalue weighted by Crippen LogP contribution is -2.47. The topological polar surface area (TPSA) is 89.6 Å². The van der Waals surface area contributed by atoms with Crippen LogP contribution in [0.1, 0.15) is 63.9 Å². The Morgan fingerprint density at radius 3 is 2.51 bits per heavy atom. The molecule has 0 radical (unpaired) electrons. The Bertz CT molecular complexity index is 1450. The first kappa shape index (κ1) is 25.1. The molecule has 4 aromatic rings. The third-order valence-corrected chi connectivity index (χ3v) is 7.74. The molecule has 7 nitrogen and oxygen atoms in total. The smallest absolute Gasteiger partial charge is 0.135 e. The largest absolute Gasteiger partial charge is 0.391 e. The Kier molecular flexibility index (Phi) is 6.14. The van der Waals surface area contributed by atoms with Crippen LogP contribution in [0.15, 0.2) is 49.1 Å². The minimum Gasteiger partial charge on any atom is -0.391 e. The zero-order chi connectivity index (χ0) is 26.5. The van der Waals surface area contributed by atoms with E-state index in [-0.39, 0.29) is 22.6 Å². The molecule has 0 fully saturated rings. The lowest BCUT2D eigenvalue weighted by atomic mass is 9.54. The van der Waals surface area contributed by atoms with Crippen molar-refractivity contribution in [1.82, 2.24) is 29.9 Å². The molecular formula is C28H30F2N6O. The zero-order valence-corrected chi connectivity index (χ0v) is 21.6. The van der Waals surface area contributed by atoms with Crippen molar-refractivity contribution in [2.75, 3.05) is 0 Å². The highest BCUT2D eigenvalue weighted by atomic mass is 19.1. The first-order chi connectivity index (χ1) is 17.5. The summed E-state index contributed by atoms with van der Waals surface area (Å²) in [5, 5.41) is 22.9. The highest BCUT2D eigenvalue weighted by Crippen LogP contribution is 2.56. The average Bonchev–Trinajstić information content (AvgIpc) is 3.30. The number of benzene rings is 1. The fourth-order valence-corrected chi connectivity index (χ4v) is 5.52. The molecule has 1 aliphatic carbocycles. The van der Waals surface area contributed by atoms with Gasteiger partial charge in [-0.15, -0.1) is 5.10 Å². The fourth-order valence-electron chi connectivity index (χ4n) is 5.52. The Balaban J connectivity index is 1.63. The molecule has 3 aromatic heterocycles. The monoisotopic (exact) mass is 504 g/mol. The molecule has 1 N–H and O–H groups in total. The number of halogens is 2. The molecule has 0 unspecified atom stereocenters. The second-order valence-electron chi connectivity index (χ2n) is 10.8. The van der Waals surface area contributed by atoms with Crippen LogP contribution in [0, 0.1) is 17.0 Å². The quantitative estimate of drug-likeness (QED) is 0.397. The van der Waals surface area contributed by atoms with Crippen LogP contribution in [0.2, 0.25) is 0 Å². The van der Waals surface area contributed by atoms with Crippen LogP contribution in [-0.4, -0.2) is 41.2 Å². The van der Waals surface area contributed by atoms with E-state index < -0.39 is 23.2 Å². The van der Waals surface area contributed by atoms with Gasteiger partial charge in [0.05, 0.1) is 58.8 Å². The van der Waals surface area contributed by atoms with Crippen molar-refractivity contribution in [3.63, 3.8) is 0 Å². The SMILES string of the molecule is C[C@@H]1CC(C)(C)[C@@](C)(c2cncc(-c3cnn(C[C@@H](C)O)c3)n2)c2nnc(-c3c(F)cccc3F)cc21. The summed E-state index contributed by atoms with van der Waals surface area (Å²) in [5.41, 5.74) is 2.85. The molecule has 3 heterocycles. The van der Waals surface area contributed by atoms with Crippen molar-refractivity contribution in [3.05, 3.63) is 77.6 Å². The number of fused-ring (bicyclic) bond motifs is 1. The van der Waals surface area contributed by atoms with Gasteiger partial charge in [0.1, 0.15) is 11.6 Å². The summed E-state index contributed by atoms with van der Waals surface area (Å²) in [4.78, 5) is 9.49. The molecule has 1 aliphatic rings. The number of hydrogen-bond acceptors (Lipinski definition) is 6. The first-order valence-corrected chi connectivity index (χ1v) is 12.4. The summed E-state index contributed by atoms with van der Waals surface area (Å²) in [5.74, 6) is -1.25. The van der Waals surface area contributed by atoms with Crippen molar-refractivity contribution >= 4 is 0 Å². The molecule has 0 bridgehead atoms. The van der Waals surface area contributed by atoms with Gasteiger partial charge in [0, 0.05) is 18.0 Å². The molecule has 3 atom stereocenters. The maximum absolute atomic E-state index is 14.5. The van der Waals surface area contributed by atoms with E-state index in [4.69, 9.17) is 4.98 Å². The van der Waals surface area contributed by atoms with Crippen molar-refractivity contribution in [2.45, 2.75) is 65.0 Å². The second kappa shape index (κ2) is 9.06. The Morgan fingerprint density at radius 1 is 1.08 bits per heavy atom. The fraction of sp³-hybridized carbons (Fsp3) is 0.393. The molecule has 0 spiro atoms. The van der Waals surface area contributed by atoms with Crippen molar-refractivity contribution in [2.24, 2.45) is 5.41 Å². The van der Waals surface area contributed by atoms with Gasteiger partial charge in [0.2, 0.25) is 0 Å². The molecule has 9 heteroatoms. The van der Waals surface area contributed by atoms with Gasteiger partial charge in [-0.3, -0.25) is 9.67 Å². The number of aliphatic hydroxyl groups excluding tert-OH is 1. The average molecular weight is 505 g/mol. The van der Waals surface area contributed by atoms with Crippen LogP contribution in [0.5, 0.6) is 0 Å². The van der Waals surface area contributed by atoms with Crippen LogP contribution in [0.4, 0.5) is 8.78 Å². The lowest BCUT2D eigenvalue weighted by Gasteiger charge is -2.49. The minimum atomic E-state index is -0.674. The van der Waals surface area contributed by atoms with Gasteiger partial charge in [-0.2, -0.15) is 10.2 Å². The summed E-state index contributed by atoms with van der Waals surface area (Å²) in [7, 11) is 0. The number of aromatic nitrogens is 6. The summed E-state index contributed by atoms with van der Waals surface area (Å²) in [6.07, 6.45) is 7.25. The number of aliphatic hydroxyl groups is 1. The van der Waals surface area contributed by atoms with Gasteiger partial charge in [-0.25, -0.2) is 13.8 Å². The predicted octanol–water partition coefficient (Wildman–Crippen LogP) is 5.30. The molecule has 1 aromatic carbocycles. The van der Waals surface area contributed by atoms with E-state index in [1.807, 2.05) is 6.20 Å². The summed E-state index contributed by atoms with van der Waals surface area (Å²) < 4.78 is 30.7. The van der Waals surface area contributed by atoms with Gasteiger partial charge < -0.3 is 5.11 Å². The molecule has 0 aliphatic heterocycles. The third-order valence-electron chi connectivity index (χ3n) is 7.74. The van der Waals surface area contributed by atoms with E-state index in [9.17, 15) is 13.9 Å². The van der Waals surface area contributed by atoms with E-state index in [1.165, 1.54) is 18.2 Å². The first-order valence-electron chi connectivity index (χ1n) is 12.4. The summed E-state index contributed by atoms with van der Waals surface area (Å²) >= 11 is 0. The Hall–Kier alpha value is -3.59. The predicted molar refractivity (Wildman–Crippen MR) is 136 cm³/mol. The van der Waals surface area contributed by atoms with Crippen molar-refractivity contribution in [3.8, 4) is 22.5 Å². The van der Waals surface area contributed by atoms with E-state index in [0.717, 1.165) is 28.9 Å². The van der Waals surface area contributed by atoms with Crippen molar-refractivity contribution < 1.29 is 13.9 Å². The van der Waals surface area contributed by atoms with E-state index in [0.29, 0.717) is 12.2 Å². The van der Waals surface area contributed by atoms with Crippen LogP contribution < -0.4 is 0 Å². The molecule has 192 valence electrons. The zero-order valence-electron chi connectivity index (χ0n) is 21.6. The van der Waals surface area contributed by atoms with E-state index in [2.05, 4.69) is 48.0 Å². The summed E-state index contributed by atoms with van der Waals surface area (Å²) in [6.45, 7) is 10.6. The van der Waals surface area contributed by atoms with Gasteiger partial charge >= 0.3 is 0 Å². The molecule has 37 heavy (non-hydrogen) atoms. The van der Waals surface area contributed by atoms with E-state index >= 15 is 0 Å². The van der Waals surface area contributed by atoms with Crippen molar-refractivity contribution in [1.29, 1.82) is 0 Å². The number of hydrogen-bond donors (Lipinski definition) is 1. The second-order valence-corrected chi connectivity index (χ2v) is 10.8. The highest BCUT2D eigenvalue weighted by molar-refractivity contribution is 5.63. The molecule has 0 saturated carbocycles. The van der Waals surface area contributed by atoms with E-state index in [1.54, 1.807) is 36.3 Å². The van der Waals surface area contributed by atoms with Crippen LogP contribution >= 0.6 is 0 Å². The van der Waals surface area contributed by atoms with Crippen LogP contribution in [-0.2, 0) is 12.0 Å². The molecule has 0 amide bonds. The van der Waals surface area contributed by atoms with Crippen LogP contribution in [0.3, 0.4) is 0 Å². The highest BCUT2D eigenvalue weighted by Gasteiger charge is 2.52. The molecular weight excluding hydrogens is 474 g/mol.